The Bertz CT molecular complexity index is 803. The third-order valence-corrected chi connectivity index (χ3v) is 7.32. The van der Waals surface area contributed by atoms with Crippen LogP contribution in [0.3, 0.4) is 0 Å². The summed E-state index contributed by atoms with van der Waals surface area (Å²) in [5.74, 6) is 1.36. The van der Waals surface area contributed by atoms with Gasteiger partial charge >= 0.3 is 0 Å². The standard InChI is InChI=1S/C19H30N4O3S/c1-13(2)12-27(25,26)23-8-6-15-10-16(19(24)20-3)18(21-11-14-4-5-14)22-17(15)7-9-23/h10,13-14H,4-9,11-12H2,1-3H3,(H,20,24)(H,21,22). The van der Waals surface area contributed by atoms with Gasteiger partial charge in [0, 0.05) is 38.8 Å². The molecule has 1 amide bonds. The van der Waals surface area contributed by atoms with E-state index in [1.165, 1.54) is 12.8 Å². The number of hydrogen-bond acceptors (Lipinski definition) is 5. The Balaban J connectivity index is 1.83. The molecule has 27 heavy (non-hydrogen) atoms. The van der Waals surface area contributed by atoms with Gasteiger partial charge in [-0.25, -0.2) is 17.7 Å². The smallest absolute Gasteiger partial charge is 0.254 e. The Morgan fingerprint density at radius 1 is 1.30 bits per heavy atom. The number of rotatable bonds is 7. The van der Waals surface area contributed by atoms with Gasteiger partial charge in [0.05, 0.1) is 11.3 Å². The minimum atomic E-state index is -3.27. The third kappa shape index (κ3) is 4.99. The summed E-state index contributed by atoms with van der Waals surface area (Å²) < 4.78 is 26.8. The van der Waals surface area contributed by atoms with Crippen LogP contribution in [0.2, 0.25) is 0 Å². The molecule has 0 atom stereocenters. The van der Waals surface area contributed by atoms with E-state index in [2.05, 4.69) is 10.6 Å². The van der Waals surface area contributed by atoms with Gasteiger partial charge in [-0.05, 0) is 42.7 Å². The SMILES string of the molecule is CNC(=O)c1cc2c(nc1NCC1CC1)CCN(S(=O)(=O)CC(C)C)CC2. The number of hydrogen-bond donors (Lipinski definition) is 2. The molecule has 1 aliphatic carbocycles. The van der Waals surface area contributed by atoms with E-state index < -0.39 is 10.0 Å². The summed E-state index contributed by atoms with van der Waals surface area (Å²) in [6.45, 7) is 5.53. The highest BCUT2D eigenvalue weighted by molar-refractivity contribution is 7.89. The molecule has 0 saturated heterocycles. The predicted octanol–water partition coefficient (Wildman–Crippen LogP) is 1.65. The molecule has 1 aromatic heterocycles. The molecule has 0 unspecified atom stereocenters. The lowest BCUT2D eigenvalue weighted by atomic mass is 10.1. The van der Waals surface area contributed by atoms with Gasteiger partial charge in [-0.1, -0.05) is 13.8 Å². The molecule has 1 aliphatic heterocycles. The van der Waals surface area contributed by atoms with Gasteiger partial charge in [-0.15, -0.1) is 0 Å². The van der Waals surface area contributed by atoms with Crippen molar-refractivity contribution in [1.29, 1.82) is 0 Å². The molecule has 150 valence electrons. The van der Waals surface area contributed by atoms with Crippen LogP contribution in [-0.4, -0.2) is 56.0 Å². The lowest BCUT2D eigenvalue weighted by Crippen LogP contribution is -2.36. The minimum Gasteiger partial charge on any atom is -0.369 e. The Labute approximate surface area is 162 Å². The number of sulfonamides is 1. The van der Waals surface area contributed by atoms with Crippen LogP contribution in [0.15, 0.2) is 6.07 Å². The third-order valence-electron chi connectivity index (χ3n) is 5.08. The molecule has 0 spiro atoms. The molecule has 1 fully saturated rings. The van der Waals surface area contributed by atoms with Crippen LogP contribution in [0.4, 0.5) is 5.82 Å². The Morgan fingerprint density at radius 2 is 2.00 bits per heavy atom. The van der Waals surface area contributed by atoms with Crippen molar-refractivity contribution in [1.82, 2.24) is 14.6 Å². The lowest BCUT2D eigenvalue weighted by Gasteiger charge is -2.20. The summed E-state index contributed by atoms with van der Waals surface area (Å²) in [7, 11) is -1.66. The van der Waals surface area contributed by atoms with E-state index in [0.29, 0.717) is 43.2 Å². The van der Waals surface area contributed by atoms with E-state index in [1.807, 2.05) is 19.9 Å². The largest absolute Gasteiger partial charge is 0.369 e. The fourth-order valence-electron chi connectivity index (χ4n) is 3.42. The van der Waals surface area contributed by atoms with Gasteiger partial charge in [0.1, 0.15) is 5.82 Å². The molecule has 2 N–H and O–H groups in total. The number of carbonyl (C=O) groups excluding carboxylic acids is 1. The molecule has 0 aromatic carbocycles. The van der Waals surface area contributed by atoms with Crippen LogP contribution in [0.25, 0.3) is 0 Å². The minimum absolute atomic E-state index is 0.0943. The number of amides is 1. The maximum absolute atomic E-state index is 12.6. The average Bonchev–Trinajstić information content (AvgIpc) is 3.43. The van der Waals surface area contributed by atoms with Crippen LogP contribution in [0.5, 0.6) is 0 Å². The van der Waals surface area contributed by atoms with Gasteiger partial charge < -0.3 is 10.6 Å². The zero-order valence-corrected chi connectivity index (χ0v) is 17.2. The van der Waals surface area contributed by atoms with Crippen molar-refractivity contribution in [3.63, 3.8) is 0 Å². The van der Waals surface area contributed by atoms with Crippen LogP contribution in [0, 0.1) is 11.8 Å². The summed E-state index contributed by atoms with van der Waals surface area (Å²) >= 11 is 0. The maximum Gasteiger partial charge on any atom is 0.254 e. The zero-order valence-electron chi connectivity index (χ0n) is 16.4. The Hall–Kier alpha value is -1.67. The molecule has 0 radical (unpaired) electrons. The van der Waals surface area contributed by atoms with Crippen LogP contribution in [-0.2, 0) is 22.9 Å². The fourth-order valence-corrected chi connectivity index (χ4v) is 5.22. The Morgan fingerprint density at radius 3 is 2.63 bits per heavy atom. The molecule has 2 heterocycles. The van der Waals surface area contributed by atoms with Crippen LogP contribution < -0.4 is 10.6 Å². The maximum atomic E-state index is 12.6. The van der Waals surface area contributed by atoms with Crippen molar-refractivity contribution in [2.75, 3.05) is 37.8 Å². The highest BCUT2D eigenvalue weighted by Crippen LogP contribution is 2.30. The normalized spacial score (nSPS) is 18.1. The van der Waals surface area contributed by atoms with Crippen molar-refractivity contribution < 1.29 is 13.2 Å². The molecule has 3 rings (SSSR count). The number of nitrogens with zero attached hydrogens (tertiary/aromatic N) is 2. The van der Waals surface area contributed by atoms with Crippen molar-refractivity contribution in [3.8, 4) is 0 Å². The van der Waals surface area contributed by atoms with Crippen LogP contribution >= 0.6 is 0 Å². The zero-order chi connectivity index (χ0) is 19.6. The van der Waals surface area contributed by atoms with Gasteiger partial charge in [-0.2, -0.15) is 0 Å². The number of carbonyl (C=O) groups is 1. The fraction of sp³-hybridized carbons (Fsp3) is 0.684. The number of nitrogens with one attached hydrogen (secondary N) is 2. The quantitative estimate of drug-likeness (QED) is 0.734. The van der Waals surface area contributed by atoms with E-state index in [0.717, 1.165) is 17.8 Å². The van der Waals surface area contributed by atoms with E-state index in [9.17, 15) is 13.2 Å². The topological polar surface area (TPSA) is 91.4 Å². The second-order valence-electron chi connectivity index (χ2n) is 7.97. The van der Waals surface area contributed by atoms with E-state index >= 15 is 0 Å². The summed E-state index contributed by atoms with van der Waals surface area (Å²) in [4.78, 5) is 17.0. The van der Waals surface area contributed by atoms with E-state index in [4.69, 9.17) is 4.98 Å². The lowest BCUT2D eigenvalue weighted by molar-refractivity contribution is 0.0963. The van der Waals surface area contributed by atoms with Gasteiger partial charge in [0.15, 0.2) is 0 Å². The number of aromatic nitrogens is 1. The first-order valence-corrected chi connectivity index (χ1v) is 11.4. The summed E-state index contributed by atoms with van der Waals surface area (Å²) in [5, 5.41) is 6.00. The van der Waals surface area contributed by atoms with Crippen molar-refractivity contribution in [2.24, 2.45) is 11.8 Å². The van der Waals surface area contributed by atoms with Crippen molar-refractivity contribution >= 4 is 21.7 Å². The molecule has 1 aromatic rings. The number of pyridine rings is 1. The van der Waals surface area contributed by atoms with Gasteiger partial charge in [0.2, 0.25) is 10.0 Å². The molecule has 2 aliphatic rings. The molecule has 8 heteroatoms. The summed E-state index contributed by atoms with van der Waals surface area (Å²) in [6.07, 6.45) is 3.58. The highest BCUT2D eigenvalue weighted by atomic mass is 32.2. The number of anilines is 1. The van der Waals surface area contributed by atoms with Gasteiger partial charge in [0.25, 0.3) is 5.91 Å². The average molecular weight is 395 g/mol. The predicted molar refractivity (Wildman–Crippen MR) is 106 cm³/mol. The van der Waals surface area contributed by atoms with Crippen molar-refractivity contribution in [3.05, 3.63) is 22.9 Å². The molecular formula is C19H30N4O3S. The summed E-state index contributed by atoms with van der Waals surface area (Å²) in [5.41, 5.74) is 2.39. The van der Waals surface area contributed by atoms with E-state index in [1.54, 1.807) is 11.4 Å². The first-order chi connectivity index (χ1) is 12.8. The molecular weight excluding hydrogens is 364 g/mol. The second kappa shape index (κ2) is 8.14. The van der Waals surface area contributed by atoms with Gasteiger partial charge in [-0.3, -0.25) is 4.79 Å². The molecule has 1 saturated carbocycles. The first-order valence-electron chi connectivity index (χ1n) is 9.76. The second-order valence-corrected chi connectivity index (χ2v) is 9.98. The Kier molecular flexibility index (Phi) is 6.05. The monoisotopic (exact) mass is 394 g/mol. The molecule has 7 nitrogen and oxygen atoms in total. The number of fused-ring (bicyclic) bond motifs is 1. The summed E-state index contributed by atoms with van der Waals surface area (Å²) in [6, 6.07) is 1.88. The van der Waals surface area contributed by atoms with Crippen molar-refractivity contribution in [2.45, 2.75) is 39.5 Å². The highest BCUT2D eigenvalue weighted by Gasteiger charge is 2.28. The van der Waals surface area contributed by atoms with E-state index in [-0.39, 0.29) is 17.6 Å². The molecule has 0 bridgehead atoms. The van der Waals surface area contributed by atoms with Crippen LogP contribution in [0.1, 0.15) is 48.3 Å². The first kappa shape index (κ1) is 20.1.